The smallest absolute Gasteiger partial charge is 0.145 e. The topological polar surface area (TPSA) is 67.1 Å². The number of aryl methyl sites for hydroxylation is 1. The molecule has 0 unspecified atom stereocenters. The van der Waals surface area contributed by atoms with Crippen LogP contribution in [-0.4, -0.2) is 38.5 Å². The van der Waals surface area contributed by atoms with E-state index in [1.165, 1.54) is 12.0 Å². The van der Waals surface area contributed by atoms with Gasteiger partial charge < -0.3 is 10.6 Å². The average Bonchev–Trinajstić information content (AvgIpc) is 2.99. The lowest BCUT2D eigenvalue weighted by Gasteiger charge is -2.24. The third-order valence-electron chi connectivity index (χ3n) is 4.21. The number of pyridine rings is 1. The minimum absolute atomic E-state index is 0.415. The maximum atomic E-state index is 4.72. The van der Waals surface area contributed by atoms with Crippen LogP contribution in [0.2, 0.25) is 0 Å². The summed E-state index contributed by atoms with van der Waals surface area (Å²) >= 11 is 0. The fourth-order valence-corrected chi connectivity index (χ4v) is 3.02. The third-order valence-corrected chi connectivity index (χ3v) is 4.21. The van der Waals surface area contributed by atoms with Crippen LogP contribution in [0.15, 0.2) is 36.9 Å². The number of aromatic nitrogens is 4. The Bertz CT molecular complexity index is 819. The summed E-state index contributed by atoms with van der Waals surface area (Å²) in [5.74, 6) is 0.818. The third kappa shape index (κ3) is 2.90. The van der Waals surface area contributed by atoms with Crippen LogP contribution >= 0.6 is 0 Å². The highest BCUT2D eigenvalue weighted by Gasteiger charge is 2.14. The van der Waals surface area contributed by atoms with Crippen LogP contribution < -0.4 is 10.6 Å². The number of hydrogen-bond acceptors (Lipinski definition) is 5. The molecule has 6 heteroatoms. The Hall–Kier alpha value is -2.47. The molecular formula is C17H20N6. The van der Waals surface area contributed by atoms with Gasteiger partial charge in [-0.1, -0.05) is 0 Å². The molecule has 1 fully saturated rings. The Morgan fingerprint density at radius 1 is 1.30 bits per heavy atom. The Labute approximate surface area is 135 Å². The van der Waals surface area contributed by atoms with Gasteiger partial charge in [0.1, 0.15) is 17.2 Å². The Balaban J connectivity index is 1.64. The lowest BCUT2D eigenvalue weighted by atomic mass is 10.1. The van der Waals surface area contributed by atoms with Crippen LogP contribution in [0.25, 0.3) is 17.0 Å². The first-order valence-electron chi connectivity index (χ1n) is 8.03. The van der Waals surface area contributed by atoms with Gasteiger partial charge in [0.05, 0.1) is 24.3 Å². The van der Waals surface area contributed by atoms with Crippen molar-refractivity contribution in [2.45, 2.75) is 25.8 Å². The molecule has 2 N–H and O–H groups in total. The van der Waals surface area contributed by atoms with Crippen LogP contribution in [0.5, 0.6) is 0 Å². The first-order valence-corrected chi connectivity index (χ1v) is 8.03. The lowest BCUT2D eigenvalue weighted by molar-refractivity contribution is 0.479. The van der Waals surface area contributed by atoms with E-state index >= 15 is 0 Å². The zero-order chi connectivity index (χ0) is 15.6. The molecule has 3 aromatic rings. The zero-order valence-electron chi connectivity index (χ0n) is 13.2. The van der Waals surface area contributed by atoms with Crippen molar-refractivity contribution < 1.29 is 0 Å². The second-order valence-corrected chi connectivity index (χ2v) is 6.05. The van der Waals surface area contributed by atoms with Crippen molar-refractivity contribution in [3.8, 4) is 11.4 Å². The maximum Gasteiger partial charge on any atom is 0.145 e. The summed E-state index contributed by atoms with van der Waals surface area (Å²) in [6.45, 7) is 4.14. The summed E-state index contributed by atoms with van der Waals surface area (Å²) in [5, 5.41) is 6.88. The minimum Gasteiger partial charge on any atom is -0.365 e. The highest BCUT2D eigenvalue weighted by atomic mass is 15.1. The van der Waals surface area contributed by atoms with Crippen LogP contribution in [0.1, 0.15) is 18.4 Å². The predicted octanol–water partition coefficient (Wildman–Crippen LogP) is 2.26. The first kappa shape index (κ1) is 14.1. The molecule has 1 aliphatic rings. The number of nitrogens with one attached hydrogen (secondary N) is 2. The SMILES string of the molecule is Cc1ccn2c(-c3cncc(N[C@@H]4CCCNC4)n3)cnc2c1. The Morgan fingerprint density at radius 3 is 3.13 bits per heavy atom. The van der Waals surface area contributed by atoms with Gasteiger partial charge >= 0.3 is 0 Å². The first-order chi connectivity index (χ1) is 11.3. The molecule has 4 heterocycles. The predicted molar refractivity (Wildman–Crippen MR) is 90.5 cm³/mol. The second-order valence-electron chi connectivity index (χ2n) is 6.05. The minimum atomic E-state index is 0.415. The van der Waals surface area contributed by atoms with Crippen LogP contribution in [0, 0.1) is 6.92 Å². The summed E-state index contributed by atoms with van der Waals surface area (Å²) in [6, 6.07) is 4.55. The Kier molecular flexibility index (Phi) is 3.67. The van der Waals surface area contributed by atoms with Crippen LogP contribution in [0.4, 0.5) is 5.82 Å². The number of anilines is 1. The molecule has 1 aliphatic heterocycles. The molecule has 118 valence electrons. The highest BCUT2D eigenvalue weighted by Crippen LogP contribution is 2.20. The fraction of sp³-hybridized carbons (Fsp3) is 0.353. The number of hydrogen-bond donors (Lipinski definition) is 2. The van der Waals surface area contributed by atoms with Crippen molar-refractivity contribution in [3.63, 3.8) is 0 Å². The quantitative estimate of drug-likeness (QED) is 0.777. The van der Waals surface area contributed by atoms with E-state index in [9.17, 15) is 0 Å². The van der Waals surface area contributed by atoms with E-state index in [0.29, 0.717) is 6.04 Å². The summed E-state index contributed by atoms with van der Waals surface area (Å²) in [5.41, 5.74) is 3.91. The largest absolute Gasteiger partial charge is 0.365 e. The van der Waals surface area contributed by atoms with Crippen molar-refractivity contribution in [1.29, 1.82) is 0 Å². The van der Waals surface area contributed by atoms with Crippen LogP contribution in [-0.2, 0) is 0 Å². The van der Waals surface area contributed by atoms with Crippen molar-refractivity contribution in [2.75, 3.05) is 18.4 Å². The standard InChI is InChI=1S/C17H20N6/c1-12-4-6-23-15(10-20-17(23)7-12)14-9-19-11-16(22-14)21-13-3-2-5-18-8-13/h4,6-7,9-11,13,18H,2-3,5,8H2,1H3,(H,21,22)/t13-/m1/s1. The van der Waals surface area contributed by atoms with Gasteiger partial charge in [0.2, 0.25) is 0 Å². The van der Waals surface area contributed by atoms with Gasteiger partial charge in [-0.25, -0.2) is 9.97 Å². The van der Waals surface area contributed by atoms with E-state index in [4.69, 9.17) is 4.98 Å². The number of rotatable bonds is 3. The van der Waals surface area contributed by atoms with Crippen molar-refractivity contribution >= 4 is 11.5 Å². The molecule has 0 spiro atoms. The van der Waals surface area contributed by atoms with Gasteiger partial charge in [-0.3, -0.25) is 9.38 Å². The van der Waals surface area contributed by atoms with Crippen LogP contribution in [0.3, 0.4) is 0 Å². The van der Waals surface area contributed by atoms with Crippen molar-refractivity contribution in [1.82, 2.24) is 24.7 Å². The van der Waals surface area contributed by atoms with Gasteiger partial charge in [0.25, 0.3) is 0 Å². The molecule has 0 radical (unpaired) electrons. The molecule has 1 atom stereocenters. The molecule has 0 saturated carbocycles. The molecule has 0 aromatic carbocycles. The molecule has 0 aliphatic carbocycles. The maximum absolute atomic E-state index is 4.72. The zero-order valence-corrected chi connectivity index (χ0v) is 13.2. The number of fused-ring (bicyclic) bond motifs is 1. The highest BCUT2D eigenvalue weighted by molar-refractivity contribution is 5.61. The number of imidazole rings is 1. The van der Waals surface area contributed by atoms with E-state index < -0.39 is 0 Å². The van der Waals surface area contributed by atoms with E-state index in [-0.39, 0.29) is 0 Å². The summed E-state index contributed by atoms with van der Waals surface area (Å²) in [4.78, 5) is 13.5. The Morgan fingerprint density at radius 2 is 2.26 bits per heavy atom. The lowest BCUT2D eigenvalue weighted by Crippen LogP contribution is -2.38. The molecule has 1 saturated heterocycles. The van der Waals surface area contributed by atoms with Gasteiger partial charge in [-0.05, 0) is 44.0 Å². The number of piperidine rings is 1. The van der Waals surface area contributed by atoms with Gasteiger partial charge in [0.15, 0.2) is 0 Å². The average molecular weight is 308 g/mol. The normalized spacial score (nSPS) is 18.2. The van der Waals surface area contributed by atoms with E-state index in [0.717, 1.165) is 42.4 Å². The molecule has 23 heavy (non-hydrogen) atoms. The fourth-order valence-electron chi connectivity index (χ4n) is 3.02. The molecule has 4 rings (SSSR count). The van der Waals surface area contributed by atoms with Gasteiger partial charge in [-0.2, -0.15) is 0 Å². The van der Waals surface area contributed by atoms with Gasteiger partial charge in [-0.15, -0.1) is 0 Å². The van der Waals surface area contributed by atoms with Crippen molar-refractivity contribution in [2.24, 2.45) is 0 Å². The van der Waals surface area contributed by atoms with Gasteiger partial charge in [0, 0.05) is 18.8 Å². The summed E-state index contributed by atoms with van der Waals surface area (Å²) in [7, 11) is 0. The molecule has 0 amide bonds. The number of nitrogens with zero attached hydrogens (tertiary/aromatic N) is 4. The molecule has 3 aromatic heterocycles. The van der Waals surface area contributed by atoms with Crippen molar-refractivity contribution in [3.05, 3.63) is 42.5 Å². The summed E-state index contributed by atoms with van der Waals surface area (Å²) in [6.07, 6.45) is 9.80. The van der Waals surface area contributed by atoms with E-state index in [1.54, 1.807) is 12.4 Å². The second kappa shape index (κ2) is 5.96. The summed E-state index contributed by atoms with van der Waals surface area (Å²) < 4.78 is 2.04. The van der Waals surface area contributed by atoms with E-state index in [1.807, 2.05) is 16.8 Å². The monoisotopic (exact) mass is 308 g/mol. The molecular weight excluding hydrogens is 288 g/mol. The molecule has 6 nitrogen and oxygen atoms in total. The molecule has 0 bridgehead atoms. The van der Waals surface area contributed by atoms with E-state index in [2.05, 4.69) is 39.7 Å².